The Hall–Kier alpha value is -3.09. The zero-order valence-corrected chi connectivity index (χ0v) is 12.0. The Morgan fingerprint density at radius 1 is 1.14 bits per heavy atom. The number of carbonyl (C=O) groups excluding carboxylic acids is 1. The van der Waals surface area contributed by atoms with Gasteiger partial charge in [0.05, 0.1) is 24.8 Å². The lowest BCUT2D eigenvalue weighted by Gasteiger charge is -2.10. The van der Waals surface area contributed by atoms with Crippen LogP contribution in [0.25, 0.3) is 0 Å². The predicted molar refractivity (Wildman–Crippen MR) is 80.6 cm³/mol. The molecule has 0 atom stereocenters. The summed E-state index contributed by atoms with van der Waals surface area (Å²) in [6.07, 6.45) is 0. The van der Waals surface area contributed by atoms with E-state index in [1.807, 2.05) is 0 Å². The maximum absolute atomic E-state index is 12.2. The number of benzene rings is 2. The molecule has 7 heteroatoms. The smallest absolute Gasteiger partial charge is 0.271 e. The van der Waals surface area contributed by atoms with Crippen molar-refractivity contribution in [3.05, 3.63) is 58.1 Å². The van der Waals surface area contributed by atoms with Gasteiger partial charge in [-0.25, -0.2) is 0 Å². The van der Waals surface area contributed by atoms with Crippen LogP contribution in [0.3, 0.4) is 0 Å². The molecule has 0 heterocycles. The molecule has 0 aromatic heterocycles. The Kier molecular flexibility index (Phi) is 4.57. The van der Waals surface area contributed by atoms with E-state index in [1.54, 1.807) is 24.3 Å². The van der Waals surface area contributed by atoms with E-state index < -0.39 is 10.8 Å². The molecule has 1 N–H and O–H groups in total. The second kappa shape index (κ2) is 6.57. The van der Waals surface area contributed by atoms with Crippen molar-refractivity contribution in [1.82, 2.24) is 0 Å². The lowest BCUT2D eigenvalue weighted by Crippen LogP contribution is -2.13. The summed E-state index contributed by atoms with van der Waals surface area (Å²) in [5.74, 6) is 0.457. The van der Waals surface area contributed by atoms with Crippen LogP contribution in [0.15, 0.2) is 42.5 Å². The van der Waals surface area contributed by atoms with Crippen molar-refractivity contribution in [2.75, 3.05) is 19.5 Å². The van der Waals surface area contributed by atoms with E-state index in [1.165, 1.54) is 32.4 Å². The molecule has 0 bridgehead atoms. The molecule has 114 valence electrons. The van der Waals surface area contributed by atoms with Gasteiger partial charge in [0.25, 0.3) is 11.6 Å². The van der Waals surface area contributed by atoms with Gasteiger partial charge in [0.1, 0.15) is 11.5 Å². The summed E-state index contributed by atoms with van der Waals surface area (Å²) in [7, 11) is 2.92. The van der Waals surface area contributed by atoms with E-state index in [4.69, 9.17) is 9.47 Å². The molecule has 0 aliphatic heterocycles. The fraction of sp³-hybridized carbons (Fsp3) is 0.133. The van der Waals surface area contributed by atoms with E-state index in [9.17, 15) is 14.9 Å². The number of nitro benzene ring substituents is 1. The van der Waals surface area contributed by atoms with Gasteiger partial charge >= 0.3 is 0 Å². The van der Waals surface area contributed by atoms with Gasteiger partial charge in [0.2, 0.25) is 0 Å². The summed E-state index contributed by atoms with van der Waals surface area (Å²) in [4.78, 5) is 22.5. The molecule has 0 fully saturated rings. The molecule has 0 spiro atoms. The highest BCUT2D eigenvalue weighted by atomic mass is 16.6. The zero-order valence-electron chi connectivity index (χ0n) is 12.0. The van der Waals surface area contributed by atoms with Crippen molar-refractivity contribution < 1.29 is 19.2 Å². The number of hydrogen-bond donors (Lipinski definition) is 1. The molecular weight excluding hydrogens is 288 g/mol. The van der Waals surface area contributed by atoms with Crippen LogP contribution in [-0.4, -0.2) is 25.1 Å². The number of nitrogens with one attached hydrogen (secondary N) is 1. The molecule has 22 heavy (non-hydrogen) atoms. The van der Waals surface area contributed by atoms with Crippen LogP contribution in [0.4, 0.5) is 11.4 Å². The number of non-ortho nitro benzene ring substituents is 1. The van der Waals surface area contributed by atoms with Crippen molar-refractivity contribution in [3.8, 4) is 11.5 Å². The third kappa shape index (κ3) is 3.32. The second-order valence-corrected chi connectivity index (χ2v) is 4.33. The molecule has 2 aromatic carbocycles. The van der Waals surface area contributed by atoms with Crippen molar-refractivity contribution in [3.63, 3.8) is 0 Å². The molecule has 0 aliphatic rings. The molecule has 2 rings (SSSR count). The van der Waals surface area contributed by atoms with Gasteiger partial charge < -0.3 is 14.8 Å². The van der Waals surface area contributed by atoms with Gasteiger partial charge in [-0.1, -0.05) is 6.07 Å². The van der Waals surface area contributed by atoms with E-state index in [0.717, 1.165) is 0 Å². The predicted octanol–water partition coefficient (Wildman–Crippen LogP) is 2.86. The highest BCUT2D eigenvalue weighted by molar-refractivity contribution is 6.05. The number of amides is 1. The standard InChI is InChI=1S/C15H14N2O5/c1-21-12-5-3-4-10(8-12)15(18)16-13-9-11(17(19)20)6-7-14(13)22-2/h3-9H,1-2H3,(H,16,18). The van der Waals surface area contributed by atoms with Crippen molar-refractivity contribution in [1.29, 1.82) is 0 Å². The fourth-order valence-corrected chi connectivity index (χ4v) is 1.87. The third-order valence-corrected chi connectivity index (χ3v) is 2.97. The molecule has 0 saturated carbocycles. The average Bonchev–Trinajstić information content (AvgIpc) is 2.54. The number of rotatable bonds is 5. The monoisotopic (exact) mass is 302 g/mol. The molecule has 0 unspecified atom stereocenters. The summed E-state index contributed by atoms with van der Waals surface area (Å²) in [5, 5.41) is 13.4. The number of nitrogens with zero attached hydrogens (tertiary/aromatic N) is 1. The maximum Gasteiger partial charge on any atom is 0.271 e. The number of methoxy groups -OCH3 is 2. The molecule has 0 aliphatic carbocycles. The van der Waals surface area contributed by atoms with Crippen LogP contribution in [0.5, 0.6) is 11.5 Å². The van der Waals surface area contributed by atoms with E-state index >= 15 is 0 Å². The lowest BCUT2D eigenvalue weighted by molar-refractivity contribution is -0.384. The first-order valence-corrected chi connectivity index (χ1v) is 6.33. The summed E-state index contributed by atoms with van der Waals surface area (Å²) >= 11 is 0. The van der Waals surface area contributed by atoms with E-state index in [-0.39, 0.29) is 11.4 Å². The Bertz CT molecular complexity index is 715. The van der Waals surface area contributed by atoms with Gasteiger partial charge in [0.15, 0.2) is 0 Å². The topological polar surface area (TPSA) is 90.7 Å². The van der Waals surface area contributed by atoms with Crippen LogP contribution in [0.1, 0.15) is 10.4 Å². The molecule has 7 nitrogen and oxygen atoms in total. The average molecular weight is 302 g/mol. The van der Waals surface area contributed by atoms with Crippen LogP contribution >= 0.6 is 0 Å². The van der Waals surface area contributed by atoms with Gasteiger partial charge in [-0.05, 0) is 24.3 Å². The number of carbonyl (C=O) groups is 1. The molecular formula is C15H14N2O5. The molecule has 2 aromatic rings. The minimum absolute atomic E-state index is 0.137. The van der Waals surface area contributed by atoms with Crippen LogP contribution in [-0.2, 0) is 0 Å². The number of nitro groups is 1. The van der Waals surface area contributed by atoms with Crippen LogP contribution < -0.4 is 14.8 Å². The summed E-state index contributed by atoms with van der Waals surface area (Å²) in [6, 6.07) is 10.6. The summed E-state index contributed by atoms with van der Waals surface area (Å²) < 4.78 is 10.2. The SMILES string of the molecule is COc1cccc(C(=O)Nc2cc([N+](=O)[O-])ccc2OC)c1. The highest BCUT2D eigenvalue weighted by Gasteiger charge is 2.15. The fourth-order valence-electron chi connectivity index (χ4n) is 1.87. The third-order valence-electron chi connectivity index (χ3n) is 2.97. The normalized spacial score (nSPS) is 9.91. The minimum atomic E-state index is -0.541. The van der Waals surface area contributed by atoms with Crippen molar-refractivity contribution >= 4 is 17.3 Å². The van der Waals surface area contributed by atoms with E-state index in [0.29, 0.717) is 17.1 Å². The van der Waals surface area contributed by atoms with Gasteiger partial charge in [-0.3, -0.25) is 14.9 Å². The van der Waals surface area contributed by atoms with E-state index in [2.05, 4.69) is 5.32 Å². The van der Waals surface area contributed by atoms with Gasteiger partial charge in [0, 0.05) is 17.7 Å². The highest BCUT2D eigenvalue weighted by Crippen LogP contribution is 2.29. The van der Waals surface area contributed by atoms with Crippen LogP contribution in [0.2, 0.25) is 0 Å². The largest absolute Gasteiger partial charge is 0.497 e. The molecule has 0 radical (unpaired) electrons. The second-order valence-electron chi connectivity index (χ2n) is 4.33. The first-order chi connectivity index (χ1) is 10.5. The minimum Gasteiger partial charge on any atom is -0.497 e. The summed E-state index contributed by atoms with van der Waals surface area (Å²) in [6.45, 7) is 0. The molecule has 0 saturated heterocycles. The quantitative estimate of drug-likeness (QED) is 0.677. The Morgan fingerprint density at radius 2 is 1.91 bits per heavy atom. The van der Waals surface area contributed by atoms with Crippen LogP contribution in [0, 0.1) is 10.1 Å². The summed E-state index contributed by atoms with van der Waals surface area (Å²) in [5.41, 5.74) is 0.458. The molecule has 1 amide bonds. The zero-order chi connectivity index (χ0) is 16.1. The Morgan fingerprint density at radius 3 is 2.55 bits per heavy atom. The Labute approximate surface area is 126 Å². The van der Waals surface area contributed by atoms with Gasteiger partial charge in [-0.15, -0.1) is 0 Å². The van der Waals surface area contributed by atoms with Gasteiger partial charge in [-0.2, -0.15) is 0 Å². The number of hydrogen-bond acceptors (Lipinski definition) is 5. The first kappa shape index (κ1) is 15.3. The van der Waals surface area contributed by atoms with Crippen molar-refractivity contribution in [2.45, 2.75) is 0 Å². The number of ether oxygens (including phenoxy) is 2. The van der Waals surface area contributed by atoms with Crippen molar-refractivity contribution in [2.24, 2.45) is 0 Å². The first-order valence-electron chi connectivity index (χ1n) is 6.33. The maximum atomic E-state index is 12.2. The Balaban J connectivity index is 2.30. The number of anilines is 1. The lowest BCUT2D eigenvalue weighted by atomic mass is 10.2.